The van der Waals surface area contributed by atoms with Crippen LogP contribution >= 0.6 is 0 Å². The Labute approximate surface area is 185 Å². The number of methoxy groups -OCH3 is 1. The maximum absolute atomic E-state index is 13.9. The number of hydrogen-bond acceptors (Lipinski definition) is 7. The highest BCUT2D eigenvalue weighted by molar-refractivity contribution is 6.14. The summed E-state index contributed by atoms with van der Waals surface area (Å²) in [5, 5.41) is 11.1. The maximum Gasteiger partial charge on any atom is 0.260 e. The van der Waals surface area contributed by atoms with Gasteiger partial charge in [0.1, 0.15) is 17.5 Å². The van der Waals surface area contributed by atoms with Crippen molar-refractivity contribution < 1.29 is 19.3 Å². The Hall–Kier alpha value is -3.40. The number of nitrogens with one attached hydrogen (secondary N) is 1. The van der Waals surface area contributed by atoms with E-state index in [2.05, 4.69) is 20.0 Å². The van der Waals surface area contributed by atoms with Gasteiger partial charge in [-0.2, -0.15) is 5.43 Å². The molecule has 1 amide bonds. The van der Waals surface area contributed by atoms with Crippen LogP contribution in [0.2, 0.25) is 0 Å². The Morgan fingerprint density at radius 1 is 1.22 bits per heavy atom. The summed E-state index contributed by atoms with van der Waals surface area (Å²) < 4.78 is 19.2. The van der Waals surface area contributed by atoms with Gasteiger partial charge < -0.3 is 19.9 Å². The molecule has 0 spiro atoms. The van der Waals surface area contributed by atoms with Crippen molar-refractivity contribution in [2.75, 3.05) is 38.2 Å². The number of rotatable bonds is 6. The van der Waals surface area contributed by atoms with Crippen molar-refractivity contribution in [1.82, 2.24) is 14.9 Å². The van der Waals surface area contributed by atoms with Crippen LogP contribution in [-0.2, 0) is 0 Å². The van der Waals surface area contributed by atoms with Gasteiger partial charge in [0.25, 0.3) is 5.91 Å². The SMILES string of the molecule is COc1ccc(C(=O)N2CC3CN(c4nc(C)c(F)c(C)n4)CC3C2)c([NH2+]N=CC=N)c1. The van der Waals surface area contributed by atoms with Crippen LogP contribution in [-0.4, -0.2) is 66.5 Å². The van der Waals surface area contributed by atoms with E-state index in [-0.39, 0.29) is 11.7 Å². The van der Waals surface area contributed by atoms with Crippen molar-refractivity contribution in [3.63, 3.8) is 0 Å². The van der Waals surface area contributed by atoms with E-state index in [0.29, 0.717) is 59.3 Å². The second-order valence-corrected chi connectivity index (χ2v) is 8.19. The smallest absolute Gasteiger partial charge is 0.260 e. The minimum absolute atomic E-state index is 0.0466. The average Bonchev–Trinajstić information content (AvgIpc) is 3.36. The van der Waals surface area contributed by atoms with Gasteiger partial charge in [-0.25, -0.2) is 14.4 Å². The number of nitrogens with two attached hydrogens (primary N) is 1. The number of benzene rings is 1. The zero-order valence-electron chi connectivity index (χ0n) is 18.4. The molecule has 2 aliphatic heterocycles. The molecule has 4 rings (SSSR count). The lowest BCUT2D eigenvalue weighted by molar-refractivity contribution is -0.577. The largest absolute Gasteiger partial charge is 0.497 e. The fourth-order valence-corrected chi connectivity index (χ4v) is 4.45. The zero-order valence-corrected chi connectivity index (χ0v) is 18.4. The summed E-state index contributed by atoms with van der Waals surface area (Å²) in [5.41, 5.74) is 3.48. The lowest BCUT2D eigenvalue weighted by atomic mass is 10.0. The molecule has 2 atom stereocenters. The van der Waals surface area contributed by atoms with E-state index in [1.54, 1.807) is 44.6 Å². The van der Waals surface area contributed by atoms with Gasteiger partial charge in [-0.1, -0.05) is 5.10 Å². The van der Waals surface area contributed by atoms with E-state index < -0.39 is 0 Å². The molecule has 2 saturated heterocycles. The molecule has 3 N–H and O–H groups in total. The molecular formula is C22H27FN7O2+. The summed E-state index contributed by atoms with van der Waals surface area (Å²) in [6.07, 6.45) is 2.43. The number of ether oxygens (including phenoxy) is 1. The Morgan fingerprint density at radius 2 is 1.88 bits per heavy atom. The van der Waals surface area contributed by atoms with Crippen LogP contribution in [0.15, 0.2) is 23.3 Å². The number of likely N-dealkylation sites (tertiary alicyclic amines) is 1. The normalized spacial score (nSPS) is 20.1. The van der Waals surface area contributed by atoms with Gasteiger partial charge in [0.15, 0.2) is 11.5 Å². The third-order valence-corrected chi connectivity index (χ3v) is 6.09. The Morgan fingerprint density at radius 3 is 2.47 bits per heavy atom. The number of amides is 1. The Balaban J connectivity index is 1.47. The first kappa shape index (κ1) is 21.8. The molecule has 2 aromatic rings. The molecule has 10 heteroatoms. The highest BCUT2D eigenvalue weighted by Crippen LogP contribution is 2.34. The molecule has 2 aliphatic rings. The summed E-state index contributed by atoms with van der Waals surface area (Å²) >= 11 is 0. The first-order chi connectivity index (χ1) is 15.4. The van der Waals surface area contributed by atoms with Gasteiger partial charge in [-0.3, -0.25) is 4.79 Å². The van der Waals surface area contributed by atoms with Gasteiger partial charge in [0.2, 0.25) is 5.95 Å². The van der Waals surface area contributed by atoms with Crippen molar-refractivity contribution in [3.8, 4) is 5.75 Å². The van der Waals surface area contributed by atoms with E-state index >= 15 is 0 Å². The number of carbonyl (C=O) groups is 1. The number of aryl methyl sites for hydroxylation is 2. The minimum Gasteiger partial charge on any atom is -0.497 e. The molecule has 32 heavy (non-hydrogen) atoms. The lowest BCUT2D eigenvalue weighted by Crippen LogP contribution is -2.72. The van der Waals surface area contributed by atoms with Crippen LogP contribution in [0, 0.1) is 36.9 Å². The van der Waals surface area contributed by atoms with Crippen molar-refractivity contribution in [2.24, 2.45) is 16.9 Å². The number of fused-ring (bicyclic) bond motifs is 1. The molecule has 2 unspecified atom stereocenters. The third kappa shape index (κ3) is 4.18. The van der Waals surface area contributed by atoms with Gasteiger partial charge in [0, 0.05) is 50.3 Å². The maximum atomic E-state index is 13.9. The number of anilines is 1. The molecule has 3 heterocycles. The minimum atomic E-state index is -0.359. The van der Waals surface area contributed by atoms with Crippen LogP contribution in [0.25, 0.3) is 0 Å². The number of aromatic nitrogens is 2. The van der Waals surface area contributed by atoms with Gasteiger partial charge in [-0.05, 0) is 26.0 Å². The number of halogens is 1. The molecule has 1 aromatic heterocycles. The third-order valence-electron chi connectivity index (χ3n) is 6.09. The summed E-state index contributed by atoms with van der Waals surface area (Å²) in [7, 11) is 1.57. The van der Waals surface area contributed by atoms with Crippen LogP contribution < -0.4 is 15.1 Å². The highest BCUT2D eigenvalue weighted by Gasteiger charge is 2.43. The molecular weight excluding hydrogens is 413 g/mol. The Bertz CT molecular complexity index is 1040. The molecule has 2 fully saturated rings. The predicted molar refractivity (Wildman–Crippen MR) is 118 cm³/mol. The van der Waals surface area contributed by atoms with Gasteiger partial charge in [0.05, 0.1) is 18.5 Å². The van der Waals surface area contributed by atoms with Crippen molar-refractivity contribution in [3.05, 3.63) is 41.0 Å². The predicted octanol–water partition coefficient (Wildman–Crippen LogP) is 1.28. The molecule has 1 aromatic carbocycles. The summed E-state index contributed by atoms with van der Waals surface area (Å²) in [4.78, 5) is 25.9. The molecule has 0 saturated carbocycles. The summed E-state index contributed by atoms with van der Waals surface area (Å²) in [6.45, 7) is 6.08. The highest BCUT2D eigenvalue weighted by atomic mass is 19.1. The van der Waals surface area contributed by atoms with Crippen LogP contribution in [0.4, 0.5) is 16.0 Å². The average molecular weight is 441 g/mol. The fraction of sp³-hybridized carbons (Fsp3) is 0.409. The number of carbonyl (C=O) groups excluding carboxylic acids is 1. The van der Waals surface area contributed by atoms with Crippen LogP contribution in [0.5, 0.6) is 5.75 Å². The fourth-order valence-electron chi connectivity index (χ4n) is 4.45. The summed E-state index contributed by atoms with van der Waals surface area (Å²) in [6, 6.07) is 5.29. The van der Waals surface area contributed by atoms with Gasteiger partial charge >= 0.3 is 0 Å². The standard InChI is InChI=1S/C22H26FN7O2/c1-13-20(23)14(2)27-22(26-13)30-11-15-9-29(10-16(15)12-30)21(31)18-5-4-17(32-3)8-19(18)28-25-7-6-24/h4-8,15-16,24,28H,9-12H2,1-3H3/p+1. The molecule has 0 bridgehead atoms. The van der Waals surface area contributed by atoms with E-state index in [1.165, 1.54) is 6.21 Å². The van der Waals surface area contributed by atoms with E-state index in [9.17, 15) is 9.18 Å². The lowest BCUT2D eigenvalue weighted by Gasteiger charge is -2.22. The second-order valence-electron chi connectivity index (χ2n) is 8.19. The van der Waals surface area contributed by atoms with Crippen molar-refractivity contribution in [2.45, 2.75) is 13.8 Å². The van der Waals surface area contributed by atoms with E-state index in [0.717, 1.165) is 19.3 Å². The number of quaternary nitrogens is 1. The molecule has 0 aliphatic carbocycles. The van der Waals surface area contributed by atoms with Crippen molar-refractivity contribution >= 4 is 30.0 Å². The first-order valence-corrected chi connectivity index (χ1v) is 10.5. The second kappa shape index (κ2) is 8.99. The van der Waals surface area contributed by atoms with Crippen LogP contribution in [0.1, 0.15) is 21.7 Å². The van der Waals surface area contributed by atoms with Crippen LogP contribution in [0.3, 0.4) is 0 Å². The quantitative estimate of drug-likeness (QED) is 0.304. The van der Waals surface area contributed by atoms with E-state index in [1.807, 2.05) is 4.90 Å². The monoisotopic (exact) mass is 440 g/mol. The molecule has 168 valence electrons. The topological polar surface area (TPSA) is 111 Å². The van der Waals surface area contributed by atoms with Gasteiger partial charge in [-0.15, -0.1) is 0 Å². The first-order valence-electron chi connectivity index (χ1n) is 10.5. The molecule has 9 nitrogen and oxygen atoms in total. The zero-order chi connectivity index (χ0) is 22.8. The van der Waals surface area contributed by atoms with Crippen molar-refractivity contribution in [1.29, 1.82) is 5.41 Å². The van der Waals surface area contributed by atoms with E-state index in [4.69, 9.17) is 10.1 Å². The summed E-state index contributed by atoms with van der Waals surface area (Å²) in [5.74, 6) is 1.42. The molecule has 0 radical (unpaired) electrons. The Kier molecular flexibility index (Phi) is 6.13. The number of hydrogen-bond donors (Lipinski definition) is 2. The number of nitrogens with zero attached hydrogens (tertiary/aromatic N) is 5.